The first kappa shape index (κ1) is 17.8. The van der Waals surface area contributed by atoms with Crippen molar-refractivity contribution in [1.29, 1.82) is 0 Å². The van der Waals surface area contributed by atoms with Gasteiger partial charge in [0, 0.05) is 25.3 Å². The number of nitrogens with zero attached hydrogens (tertiary/aromatic N) is 1. The Kier molecular flexibility index (Phi) is 7.03. The molecule has 0 saturated carbocycles. The first-order valence-corrected chi connectivity index (χ1v) is 8.25. The largest absolute Gasteiger partial charge is 0.464 e. The molecule has 0 spiro atoms. The Bertz CT molecular complexity index is 546. The van der Waals surface area contributed by atoms with Crippen LogP contribution in [0.25, 0.3) is 0 Å². The maximum Gasteiger partial charge on any atom is 0.264 e. The molecule has 21 heavy (non-hydrogen) atoms. The molecular weight excluding hydrogens is 298 g/mol. The second-order valence-electron chi connectivity index (χ2n) is 4.38. The van der Waals surface area contributed by atoms with Crippen molar-refractivity contribution < 1.29 is 26.8 Å². The molecule has 0 radical (unpaired) electrons. The number of pyridine rings is 1. The molecule has 1 aromatic rings. The third-order valence-corrected chi connectivity index (χ3v) is 3.18. The molecule has 0 saturated heterocycles. The molecule has 0 aliphatic rings. The van der Waals surface area contributed by atoms with Crippen molar-refractivity contribution in [1.82, 2.24) is 4.98 Å². The van der Waals surface area contributed by atoms with Gasteiger partial charge in [-0.1, -0.05) is 6.92 Å². The van der Waals surface area contributed by atoms with E-state index in [0.29, 0.717) is 23.4 Å². The molecule has 1 atom stereocenters. The number of rotatable bonds is 9. The fourth-order valence-electron chi connectivity index (χ4n) is 1.52. The van der Waals surface area contributed by atoms with E-state index in [4.69, 9.17) is 18.4 Å². The summed E-state index contributed by atoms with van der Waals surface area (Å²) in [7, 11) is -1.98. The smallest absolute Gasteiger partial charge is 0.264 e. The van der Waals surface area contributed by atoms with Gasteiger partial charge in [-0.05, 0) is 13.0 Å². The molecule has 1 heterocycles. The second kappa shape index (κ2) is 8.28. The number of hydrogen-bond acceptors (Lipinski definition) is 7. The Balaban J connectivity index is 2.79. The van der Waals surface area contributed by atoms with E-state index in [1.807, 2.05) is 6.92 Å². The molecule has 0 N–H and O–H groups in total. The van der Waals surface area contributed by atoms with Crippen molar-refractivity contribution in [2.75, 3.05) is 20.2 Å². The molecule has 0 aliphatic heterocycles. The van der Waals surface area contributed by atoms with Gasteiger partial charge in [-0.2, -0.15) is 8.42 Å². The van der Waals surface area contributed by atoms with Crippen LogP contribution in [0.5, 0.6) is 5.75 Å². The van der Waals surface area contributed by atoms with E-state index >= 15 is 0 Å². The first-order chi connectivity index (χ1) is 9.87. The monoisotopic (exact) mass is 319 g/mol. The minimum atomic E-state index is -3.51. The Labute approximate surface area is 125 Å². The molecule has 0 fully saturated rings. The van der Waals surface area contributed by atoms with Crippen LogP contribution in [0.1, 0.15) is 24.6 Å². The molecule has 120 valence electrons. The highest BCUT2D eigenvalue weighted by molar-refractivity contribution is 7.85. The van der Waals surface area contributed by atoms with Crippen molar-refractivity contribution in [2.24, 2.45) is 0 Å². The maximum absolute atomic E-state index is 11.0. The zero-order valence-electron chi connectivity index (χ0n) is 12.7. The third-order valence-electron chi connectivity index (χ3n) is 2.63. The molecule has 0 aliphatic carbocycles. The molecule has 1 unspecified atom stereocenters. The van der Waals surface area contributed by atoms with Crippen molar-refractivity contribution in [3.63, 3.8) is 0 Å². The van der Waals surface area contributed by atoms with Crippen molar-refractivity contribution in [2.45, 2.75) is 33.2 Å². The number of aromatic nitrogens is 1. The summed E-state index contributed by atoms with van der Waals surface area (Å²) in [6.45, 7) is 3.71. The van der Waals surface area contributed by atoms with Crippen LogP contribution in [0, 0.1) is 6.92 Å². The summed E-state index contributed by atoms with van der Waals surface area (Å²) in [4.78, 5) is 4.10. The van der Waals surface area contributed by atoms with Crippen LogP contribution in [0.4, 0.5) is 0 Å². The van der Waals surface area contributed by atoms with E-state index in [0.717, 1.165) is 6.26 Å². The Morgan fingerprint density at radius 3 is 2.67 bits per heavy atom. The first-order valence-electron chi connectivity index (χ1n) is 6.43. The van der Waals surface area contributed by atoms with E-state index in [2.05, 4.69) is 4.98 Å². The van der Waals surface area contributed by atoms with Crippen molar-refractivity contribution in [3.8, 4) is 5.75 Å². The summed E-state index contributed by atoms with van der Waals surface area (Å²) in [5, 5.41) is 0. The second-order valence-corrected chi connectivity index (χ2v) is 6.02. The zero-order valence-corrected chi connectivity index (χ0v) is 13.5. The molecule has 0 amide bonds. The van der Waals surface area contributed by atoms with Gasteiger partial charge in [0.15, 0.2) is 6.79 Å². The highest BCUT2D eigenvalue weighted by Gasteiger charge is 2.14. The molecule has 1 aromatic heterocycles. The predicted octanol–water partition coefficient (Wildman–Crippen LogP) is 1.60. The summed E-state index contributed by atoms with van der Waals surface area (Å²) in [6.07, 6.45) is 2.72. The van der Waals surface area contributed by atoms with Gasteiger partial charge in [0.2, 0.25) is 6.29 Å². The summed E-state index contributed by atoms with van der Waals surface area (Å²) in [6, 6.07) is 1.69. The Morgan fingerprint density at radius 1 is 1.38 bits per heavy atom. The molecule has 0 bridgehead atoms. The molecule has 1 rings (SSSR count). The minimum Gasteiger partial charge on any atom is -0.464 e. The summed E-state index contributed by atoms with van der Waals surface area (Å²) in [5.74, 6) is 0.569. The van der Waals surface area contributed by atoms with Gasteiger partial charge >= 0.3 is 0 Å². The van der Waals surface area contributed by atoms with E-state index in [9.17, 15) is 8.42 Å². The summed E-state index contributed by atoms with van der Waals surface area (Å²) in [5.41, 5.74) is 1.21. The van der Waals surface area contributed by atoms with Gasteiger partial charge in [0.25, 0.3) is 10.1 Å². The lowest BCUT2D eigenvalue weighted by molar-refractivity contribution is -0.148. The molecule has 7 nitrogen and oxygen atoms in total. The van der Waals surface area contributed by atoms with E-state index in [1.165, 1.54) is 13.3 Å². The quantitative estimate of drug-likeness (QED) is 0.505. The van der Waals surface area contributed by atoms with Gasteiger partial charge < -0.3 is 14.2 Å². The predicted molar refractivity (Wildman–Crippen MR) is 76.3 cm³/mol. The lowest BCUT2D eigenvalue weighted by Gasteiger charge is -2.19. The van der Waals surface area contributed by atoms with Gasteiger partial charge in [0.05, 0.1) is 11.9 Å². The molecular formula is C13H21NO6S. The molecule has 8 heteroatoms. The standard InChI is InChI=1S/C13H21NO6S/c1-5-13(18-9-17-3)20-12-6-7-14-11(10(12)2)8-19-21(4,15)16/h6-7,13H,5,8-9H2,1-4H3. The van der Waals surface area contributed by atoms with Gasteiger partial charge in [-0.3, -0.25) is 9.17 Å². The van der Waals surface area contributed by atoms with Crippen LogP contribution in [-0.2, 0) is 30.4 Å². The SMILES string of the molecule is CCC(OCOC)Oc1ccnc(COS(C)(=O)=O)c1C. The maximum atomic E-state index is 11.0. The lowest BCUT2D eigenvalue weighted by Crippen LogP contribution is -2.21. The van der Waals surface area contributed by atoms with E-state index in [1.54, 1.807) is 13.0 Å². The Hall–Kier alpha value is -1.22. The third kappa shape index (κ3) is 6.38. The van der Waals surface area contributed by atoms with E-state index in [-0.39, 0.29) is 13.4 Å². The minimum absolute atomic E-state index is 0.127. The van der Waals surface area contributed by atoms with Crippen LogP contribution in [-0.4, -0.2) is 39.9 Å². The Morgan fingerprint density at radius 2 is 2.10 bits per heavy atom. The fourth-order valence-corrected chi connectivity index (χ4v) is 1.84. The lowest BCUT2D eigenvalue weighted by atomic mass is 10.2. The summed E-state index contributed by atoms with van der Waals surface area (Å²) >= 11 is 0. The van der Waals surface area contributed by atoms with Crippen LogP contribution in [0.2, 0.25) is 0 Å². The van der Waals surface area contributed by atoms with Crippen molar-refractivity contribution >= 4 is 10.1 Å². The highest BCUT2D eigenvalue weighted by atomic mass is 32.2. The average Bonchev–Trinajstić information content (AvgIpc) is 2.43. The summed E-state index contributed by atoms with van der Waals surface area (Å²) < 4.78 is 42.7. The van der Waals surface area contributed by atoms with E-state index < -0.39 is 16.4 Å². The number of hydrogen-bond donors (Lipinski definition) is 0. The van der Waals surface area contributed by atoms with Crippen LogP contribution < -0.4 is 4.74 Å². The van der Waals surface area contributed by atoms with Crippen LogP contribution in [0.3, 0.4) is 0 Å². The number of methoxy groups -OCH3 is 1. The van der Waals surface area contributed by atoms with Crippen LogP contribution >= 0.6 is 0 Å². The van der Waals surface area contributed by atoms with Crippen LogP contribution in [0.15, 0.2) is 12.3 Å². The van der Waals surface area contributed by atoms with Gasteiger partial charge in [-0.25, -0.2) is 0 Å². The van der Waals surface area contributed by atoms with Crippen molar-refractivity contribution in [3.05, 3.63) is 23.5 Å². The van der Waals surface area contributed by atoms with Gasteiger partial charge in [-0.15, -0.1) is 0 Å². The zero-order chi connectivity index (χ0) is 15.9. The highest BCUT2D eigenvalue weighted by Crippen LogP contribution is 2.22. The topological polar surface area (TPSA) is 83.9 Å². The normalized spacial score (nSPS) is 13.1. The molecule has 0 aromatic carbocycles. The van der Waals surface area contributed by atoms with Gasteiger partial charge in [0.1, 0.15) is 12.4 Å². The fraction of sp³-hybridized carbons (Fsp3) is 0.615. The average molecular weight is 319 g/mol. The number of ether oxygens (including phenoxy) is 3.